The van der Waals surface area contributed by atoms with Crippen LogP contribution in [0.15, 0.2) is 9.90 Å². The van der Waals surface area contributed by atoms with Crippen molar-refractivity contribution in [3.63, 3.8) is 0 Å². The lowest BCUT2D eigenvalue weighted by molar-refractivity contribution is 0.257. The van der Waals surface area contributed by atoms with Crippen LogP contribution in [-0.2, 0) is 18.6 Å². The molecule has 0 radical (unpaired) electrons. The largest absolute Gasteiger partial charge is 0.338 e. The van der Waals surface area contributed by atoms with E-state index in [-0.39, 0.29) is 0 Å². The van der Waals surface area contributed by atoms with Crippen molar-refractivity contribution in [3.8, 4) is 0 Å². The number of nitrogens with two attached hydrogens (primary N) is 1. The maximum absolute atomic E-state index is 5.92. The smallest absolute Gasteiger partial charge is 0.240 e. The van der Waals surface area contributed by atoms with E-state index < -0.39 is 5.54 Å². The van der Waals surface area contributed by atoms with Gasteiger partial charge in [-0.25, -0.2) is 4.98 Å². The fourth-order valence-electron chi connectivity index (χ4n) is 1.63. The van der Waals surface area contributed by atoms with Crippen molar-refractivity contribution in [2.45, 2.75) is 39.4 Å². The molecule has 0 aromatic carbocycles. The van der Waals surface area contributed by atoms with Crippen LogP contribution in [-0.4, -0.2) is 27.1 Å². The van der Waals surface area contributed by atoms with Crippen LogP contribution in [0.25, 0.3) is 0 Å². The molecule has 104 valence electrons. The van der Waals surface area contributed by atoms with Gasteiger partial charge in [0.2, 0.25) is 5.89 Å². The van der Waals surface area contributed by atoms with Crippen molar-refractivity contribution in [2.75, 3.05) is 7.05 Å². The predicted octanol–water partition coefficient (Wildman–Crippen LogP) is 1.66. The molecule has 0 saturated carbocycles. The zero-order chi connectivity index (χ0) is 14.0. The number of rotatable bonds is 5. The maximum Gasteiger partial charge on any atom is 0.240 e. The van der Waals surface area contributed by atoms with Gasteiger partial charge in [-0.1, -0.05) is 5.16 Å². The van der Waals surface area contributed by atoms with Gasteiger partial charge in [-0.15, -0.1) is 11.3 Å². The molecule has 2 heterocycles. The first kappa shape index (κ1) is 14.1. The predicted molar refractivity (Wildman–Crippen MR) is 73.5 cm³/mol. The lowest BCUT2D eigenvalue weighted by Crippen LogP contribution is -2.30. The molecule has 7 heteroatoms. The van der Waals surface area contributed by atoms with Gasteiger partial charge in [0.15, 0.2) is 5.82 Å². The van der Waals surface area contributed by atoms with Gasteiger partial charge in [-0.2, -0.15) is 4.98 Å². The highest BCUT2D eigenvalue weighted by Crippen LogP contribution is 2.14. The van der Waals surface area contributed by atoms with Crippen molar-refractivity contribution >= 4 is 11.3 Å². The fraction of sp³-hybridized carbons (Fsp3) is 0.583. The van der Waals surface area contributed by atoms with E-state index in [2.05, 4.69) is 25.4 Å². The van der Waals surface area contributed by atoms with Crippen LogP contribution < -0.4 is 5.73 Å². The Bertz CT molecular complexity index is 542. The third-order valence-electron chi connectivity index (χ3n) is 2.55. The quantitative estimate of drug-likeness (QED) is 0.897. The first-order valence-corrected chi connectivity index (χ1v) is 6.94. The van der Waals surface area contributed by atoms with Crippen LogP contribution >= 0.6 is 11.3 Å². The second-order valence-corrected chi connectivity index (χ2v) is 6.33. The Hall–Kier alpha value is -1.31. The molecule has 0 spiro atoms. The van der Waals surface area contributed by atoms with Crippen LogP contribution in [0, 0.1) is 6.92 Å². The van der Waals surface area contributed by atoms with Crippen LogP contribution in [0.4, 0.5) is 0 Å². The summed E-state index contributed by atoms with van der Waals surface area (Å²) in [6.07, 6.45) is 0. The highest BCUT2D eigenvalue weighted by Gasteiger charge is 2.21. The van der Waals surface area contributed by atoms with Gasteiger partial charge in [0.1, 0.15) is 0 Å². The minimum Gasteiger partial charge on any atom is -0.338 e. The van der Waals surface area contributed by atoms with Gasteiger partial charge in [-0.3, -0.25) is 4.90 Å². The summed E-state index contributed by atoms with van der Waals surface area (Å²) in [6.45, 7) is 7.04. The Balaban J connectivity index is 1.95. The Kier molecular flexibility index (Phi) is 3.98. The number of thiazole rings is 1. The van der Waals surface area contributed by atoms with Gasteiger partial charge >= 0.3 is 0 Å². The minimum absolute atomic E-state index is 0.528. The van der Waals surface area contributed by atoms with Crippen LogP contribution in [0.2, 0.25) is 0 Å². The lowest BCUT2D eigenvalue weighted by atomic mass is 10.1. The molecule has 2 aromatic rings. The molecule has 0 aliphatic carbocycles. The molecular formula is C12H19N5OS. The van der Waals surface area contributed by atoms with E-state index in [0.717, 1.165) is 17.2 Å². The number of aryl methyl sites for hydroxylation is 1. The van der Waals surface area contributed by atoms with Gasteiger partial charge in [0.05, 0.1) is 22.8 Å². The zero-order valence-corrected chi connectivity index (χ0v) is 12.5. The molecule has 0 fully saturated rings. The molecule has 0 atom stereocenters. The Morgan fingerprint density at radius 2 is 2.11 bits per heavy atom. The lowest BCUT2D eigenvalue weighted by Gasteiger charge is -2.13. The molecule has 2 N–H and O–H groups in total. The van der Waals surface area contributed by atoms with Crippen molar-refractivity contribution in [1.82, 2.24) is 20.0 Å². The van der Waals surface area contributed by atoms with Gasteiger partial charge < -0.3 is 10.3 Å². The van der Waals surface area contributed by atoms with E-state index in [4.69, 9.17) is 10.3 Å². The summed E-state index contributed by atoms with van der Waals surface area (Å²) in [5.41, 5.74) is 6.40. The van der Waals surface area contributed by atoms with Crippen molar-refractivity contribution < 1.29 is 4.52 Å². The normalized spacial score (nSPS) is 12.3. The molecule has 2 rings (SSSR count). The van der Waals surface area contributed by atoms with Crippen molar-refractivity contribution in [1.29, 1.82) is 0 Å². The molecule has 2 aromatic heterocycles. The van der Waals surface area contributed by atoms with Crippen molar-refractivity contribution in [2.24, 2.45) is 5.73 Å². The third kappa shape index (κ3) is 3.82. The number of nitrogens with zero attached hydrogens (tertiary/aromatic N) is 4. The number of aromatic nitrogens is 3. The molecule has 0 amide bonds. The highest BCUT2D eigenvalue weighted by molar-refractivity contribution is 7.09. The molecular weight excluding hydrogens is 262 g/mol. The summed E-state index contributed by atoms with van der Waals surface area (Å²) in [5, 5.41) is 7.04. The Morgan fingerprint density at radius 1 is 1.37 bits per heavy atom. The van der Waals surface area contributed by atoms with Gasteiger partial charge in [-0.05, 0) is 27.8 Å². The fourth-order valence-corrected chi connectivity index (χ4v) is 2.23. The van der Waals surface area contributed by atoms with E-state index in [9.17, 15) is 0 Å². The minimum atomic E-state index is -0.577. The van der Waals surface area contributed by atoms with Crippen LogP contribution in [0.5, 0.6) is 0 Å². The highest BCUT2D eigenvalue weighted by atomic mass is 32.1. The van der Waals surface area contributed by atoms with E-state index in [1.165, 1.54) is 0 Å². The monoisotopic (exact) mass is 281 g/mol. The van der Waals surface area contributed by atoms with E-state index >= 15 is 0 Å². The Labute approximate surface area is 116 Å². The van der Waals surface area contributed by atoms with Gasteiger partial charge in [0.25, 0.3) is 0 Å². The Morgan fingerprint density at radius 3 is 2.63 bits per heavy atom. The molecule has 6 nitrogen and oxygen atoms in total. The third-order valence-corrected chi connectivity index (χ3v) is 3.37. The first-order valence-electron chi connectivity index (χ1n) is 6.06. The summed E-state index contributed by atoms with van der Waals surface area (Å²) >= 11 is 1.65. The first-order chi connectivity index (χ1) is 8.84. The molecule has 0 aliphatic rings. The summed E-state index contributed by atoms with van der Waals surface area (Å²) in [5.74, 6) is 1.10. The number of hydrogen-bond acceptors (Lipinski definition) is 7. The van der Waals surface area contributed by atoms with Crippen LogP contribution in [0.3, 0.4) is 0 Å². The molecule has 0 unspecified atom stereocenters. The standard InChI is InChI=1S/C12H19N5OS/c1-8-14-9(7-19-8)5-17(4)6-10-15-11(16-18-10)12(2,3)13/h7H,5-6,13H2,1-4H3. The molecule has 19 heavy (non-hydrogen) atoms. The van der Waals surface area contributed by atoms with E-state index in [1.54, 1.807) is 11.3 Å². The second-order valence-electron chi connectivity index (χ2n) is 5.26. The molecule has 0 saturated heterocycles. The average Bonchev–Trinajstić information content (AvgIpc) is 2.87. The SMILES string of the molecule is Cc1nc(CN(C)Cc2nc(C(C)(C)N)no2)cs1. The van der Waals surface area contributed by atoms with Gasteiger partial charge in [0, 0.05) is 11.9 Å². The summed E-state index contributed by atoms with van der Waals surface area (Å²) < 4.78 is 5.20. The molecule has 0 aliphatic heterocycles. The summed E-state index contributed by atoms with van der Waals surface area (Å²) in [6, 6.07) is 0. The number of hydrogen-bond donors (Lipinski definition) is 1. The van der Waals surface area contributed by atoms with E-state index in [0.29, 0.717) is 18.3 Å². The average molecular weight is 281 g/mol. The molecule has 0 bridgehead atoms. The van der Waals surface area contributed by atoms with Crippen LogP contribution in [0.1, 0.15) is 36.3 Å². The second kappa shape index (κ2) is 5.36. The van der Waals surface area contributed by atoms with E-state index in [1.807, 2.05) is 27.8 Å². The van der Waals surface area contributed by atoms with Crippen molar-refractivity contribution in [3.05, 3.63) is 27.8 Å². The maximum atomic E-state index is 5.92. The zero-order valence-electron chi connectivity index (χ0n) is 11.7. The summed E-state index contributed by atoms with van der Waals surface area (Å²) in [7, 11) is 1.99. The summed E-state index contributed by atoms with van der Waals surface area (Å²) in [4.78, 5) is 10.8. The topological polar surface area (TPSA) is 81.1 Å².